The average Bonchev–Trinajstić information content (AvgIpc) is 2.57. The molecule has 0 saturated carbocycles. The number of nitrogens with zero attached hydrogens (tertiary/aromatic N) is 2. The number of aliphatic imine (C=N–C) groups is 1. The summed E-state index contributed by atoms with van der Waals surface area (Å²) in [6.45, 7) is 1.35. The van der Waals surface area contributed by atoms with Crippen molar-refractivity contribution in [1.29, 1.82) is 0 Å². The van der Waals surface area contributed by atoms with Gasteiger partial charge < -0.3 is 4.74 Å². The number of hydrogen-bond acceptors (Lipinski definition) is 3. The van der Waals surface area contributed by atoms with E-state index in [1.165, 1.54) is 0 Å². The van der Waals surface area contributed by atoms with Crippen molar-refractivity contribution in [3.63, 3.8) is 0 Å². The van der Waals surface area contributed by atoms with Gasteiger partial charge in [-0.3, -0.25) is 0 Å². The van der Waals surface area contributed by atoms with Gasteiger partial charge in [-0.2, -0.15) is 0 Å². The molecule has 0 fully saturated rings. The SMILES string of the molecule is Clc1ncccc1C1=NCCO1. The summed E-state index contributed by atoms with van der Waals surface area (Å²) in [7, 11) is 0. The van der Waals surface area contributed by atoms with Crippen LogP contribution in [0.5, 0.6) is 0 Å². The number of rotatable bonds is 1. The standard InChI is InChI=1S/C8H7ClN2O/c9-7-6(2-1-3-10-7)8-11-4-5-12-8/h1-3H,4-5H2. The molecule has 1 aliphatic rings. The quantitative estimate of drug-likeness (QED) is 0.617. The predicted molar refractivity (Wildman–Crippen MR) is 46.6 cm³/mol. The molecule has 0 radical (unpaired) electrons. The van der Waals surface area contributed by atoms with Crippen LogP contribution in [0.3, 0.4) is 0 Å². The first kappa shape index (κ1) is 7.55. The Hall–Kier alpha value is -1.09. The fraction of sp³-hybridized carbons (Fsp3) is 0.250. The summed E-state index contributed by atoms with van der Waals surface area (Å²) in [6, 6.07) is 3.66. The Bertz CT molecular complexity index is 325. The van der Waals surface area contributed by atoms with E-state index in [-0.39, 0.29) is 0 Å². The highest BCUT2D eigenvalue weighted by Crippen LogP contribution is 2.15. The van der Waals surface area contributed by atoms with Gasteiger partial charge in [-0.15, -0.1) is 0 Å². The Morgan fingerprint density at radius 3 is 3.08 bits per heavy atom. The molecule has 2 rings (SSSR count). The van der Waals surface area contributed by atoms with Crippen molar-refractivity contribution < 1.29 is 4.74 Å². The summed E-state index contributed by atoms with van der Waals surface area (Å²) in [5, 5.41) is 0.443. The van der Waals surface area contributed by atoms with Crippen LogP contribution in [0.15, 0.2) is 23.3 Å². The zero-order valence-electron chi connectivity index (χ0n) is 6.33. The molecular weight excluding hydrogens is 176 g/mol. The first-order chi connectivity index (χ1) is 5.88. The molecule has 0 spiro atoms. The lowest BCUT2D eigenvalue weighted by Gasteiger charge is -2.01. The zero-order valence-corrected chi connectivity index (χ0v) is 7.08. The van der Waals surface area contributed by atoms with Gasteiger partial charge in [-0.1, -0.05) is 11.6 Å². The second-order valence-corrected chi connectivity index (χ2v) is 2.74. The fourth-order valence-electron chi connectivity index (χ4n) is 1.04. The Balaban J connectivity index is 2.39. The van der Waals surface area contributed by atoms with Gasteiger partial charge in [0.15, 0.2) is 0 Å². The minimum Gasteiger partial charge on any atom is -0.475 e. The predicted octanol–water partition coefficient (Wildman–Crippen LogP) is 1.51. The van der Waals surface area contributed by atoms with E-state index in [2.05, 4.69) is 9.98 Å². The third kappa shape index (κ3) is 1.28. The van der Waals surface area contributed by atoms with E-state index in [0.717, 1.165) is 5.56 Å². The van der Waals surface area contributed by atoms with Crippen LogP contribution in [0.25, 0.3) is 0 Å². The maximum Gasteiger partial charge on any atom is 0.219 e. The molecule has 0 amide bonds. The van der Waals surface area contributed by atoms with Crippen LogP contribution >= 0.6 is 11.6 Å². The second kappa shape index (κ2) is 3.11. The molecule has 1 aromatic heterocycles. The van der Waals surface area contributed by atoms with Crippen molar-refractivity contribution in [3.05, 3.63) is 29.0 Å². The van der Waals surface area contributed by atoms with Gasteiger partial charge in [-0.05, 0) is 12.1 Å². The van der Waals surface area contributed by atoms with Crippen molar-refractivity contribution in [2.45, 2.75) is 0 Å². The average molecular weight is 183 g/mol. The molecule has 0 aliphatic carbocycles. The number of hydrogen-bond donors (Lipinski definition) is 0. The van der Waals surface area contributed by atoms with E-state index >= 15 is 0 Å². The Morgan fingerprint density at radius 1 is 1.50 bits per heavy atom. The molecule has 2 heterocycles. The van der Waals surface area contributed by atoms with E-state index in [0.29, 0.717) is 24.2 Å². The number of halogens is 1. The highest BCUT2D eigenvalue weighted by Gasteiger charge is 2.13. The van der Waals surface area contributed by atoms with E-state index in [4.69, 9.17) is 16.3 Å². The molecule has 0 N–H and O–H groups in total. The summed E-state index contributed by atoms with van der Waals surface area (Å²) in [5.74, 6) is 0.605. The highest BCUT2D eigenvalue weighted by atomic mass is 35.5. The van der Waals surface area contributed by atoms with Gasteiger partial charge in [0.2, 0.25) is 5.90 Å². The molecule has 12 heavy (non-hydrogen) atoms. The smallest absolute Gasteiger partial charge is 0.219 e. The summed E-state index contributed by atoms with van der Waals surface area (Å²) in [4.78, 5) is 8.07. The molecule has 62 valence electrons. The van der Waals surface area contributed by atoms with Gasteiger partial charge in [0.05, 0.1) is 12.1 Å². The second-order valence-electron chi connectivity index (χ2n) is 2.38. The lowest BCUT2D eigenvalue weighted by molar-refractivity contribution is 0.348. The first-order valence-corrected chi connectivity index (χ1v) is 4.04. The summed E-state index contributed by atoms with van der Waals surface area (Å²) in [6.07, 6.45) is 1.64. The molecule has 1 aliphatic heterocycles. The summed E-state index contributed by atoms with van der Waals surface area (Å²) < 4.78 is 5.25. The summed E-state index contributed by atoms with van der Waals surface area (Å²) >= 11 is 5.83. The van der Waals surface area contributed by atoms with E-state index in [1.54, 1.807) is 6.20 Å². The van der Waals surface area contributed by atoms with Gasteiger partial charge in [0.25, 0.3) is 0 Å². The van der Waals surface area contributed by atoms with Crippen LogP contribution in [-0.4, -0.2) is 24.0 Å². The fourth-order valence-corrected chi connectivity index (χ4v) is 1.24. The minimum atomic E-state index is 0.443. The number of pyridine rings is 1. The Kier molecular flexibility index (Phi) is 1.96. The molecule has 0 unspecified atom stereocenters. The normalized spacial score (nSPS) is 15.6. The van der Waals surface area contributed by atoms with E-state index in [9.17, 15) is 0 Å². The molecule has 0 aromatic carbocycles. The maximum absolute atomic E-state index is 5.83. The van der Waals surface area contributed by atoms with Crippen molar-refractivity contribution >= 4 is 17.5 Å². The van der Waals surface area contributed by atoms with Crippen LogP contribution in [0.2, 0.25) is 5.15 Å². The van der Waals surface area contributed by atoms with Gasteiger partial charge in [0.1, 0.15) is 11.8 Å². The van der Waals surface area contributed by atoms with Crippen molar-refractivity contribution in [1.82, 2.24) is 4.98 Å². The summed E-state index contributed by atoms with van der Waals surface area (Å²) in [5.41, 5.74) is 0.775. The zero-order chi connectivity index (χ0) is 8.39. The third-order valence-electron chi connectivity index (χ3n) is 1.57. The maximum atomic E-state index is 5.83. The van der Waals surface area contributed by atoms with Crippen molar-refractivity contribution in [3.8, 4) is 0 Å². The monoisotopic (exact) mass is 182 g/mol. The molecule has 4 heteroatoms. The third-order valence-corrected chi connectivity index (χ3v) is 1.88. The molecule has 1 aromatic rings. The lowest BCUT2D eigenvalue weighted by Crippen LogP contribution is -2.02. The molecule has 3 nitrogen and oxygen atoms in total. The number of aromatic nitrogens is 1. The van der Waals surface area contributed by atoms with Crippen LogP contribution < -0.4 is 0 Å². The van der Waals surface area contributed by atoms with Crippen LogP contribution in [0.4, 0.5) is 0 Å². The van der Waals surface area contributed by atoms with Crippen molar-refractivity contribution in [2.75, 3.05) is 13.2 Å². The Morgan fingerprint density at radius 2 is 2.42 bits per heavy atom. The Labute approximate surface area is 75.1 Å². The molecular formula is C8H7ClN2O. The van der Waals surface area contributed by atoms with Gasteiger partial charge in [-0.25, -0.2) is 9.98 Å². The van der Waals surface area contributed by atoms with Crippen molar-refractivity contribution in [2.24, 2.45) is 4.99 Å². The van der Waals surface area contributed by atoms with Gasteiger partial charge in [0, 0.05) is 6.20 Å². The van der Waals surface area contributed by atoms with Gasteiger partial charge >= 0.3 is 0 Å². The molecule has 0 atom stereocenters. The lowest BCUT2D eigenvalue weighted by atomic mass is 10.3. The van der Waals surface area contributed by atoms with Crippen LogP contribution in [-0.2, 0) is 4.74 Å². The topological polar surface area (TPSA) is 34.5 Å². The molecule has 0 bridgehead atoms. The minimum absolute atomic E-state index is 0.443. The highest BCUT2D eigenvalue weighted by molar-refractivity contribution is 6.32. The van der Waals surface area contributed by atoms with Crippen LogP contribution in [0.1, 0.15) is 5.56 Å². The first-order valence-electron chi connectivity index (χ1n) is 3.66. The van der Waals surface area contributed by atoms with E-state index < -0.39 is 0 Å². The van der Waals surface area contributed by atoms with E-state index in [1.807, 2.05) is 12.1 Å². The number of ether oxygens (including phenoxy) is 1. The van der Waals surface area contributed by atoms with Crippen LogP contribution in [0, 0.1) is 0 Å². The largest absolute Gasteiger partial charge is 0.475 e. The molecule has 0 saturated heterocycles.